The lowest BCUT2D eigenvalue weighted by Crippen LogP contribution is -2.50. The lowest BCUT2D eigenvalue weighted by atomic mass is 9.98. The molecule has 2 amide bonds. The van der Waals surface area contributed by atoms with E-state index in [1.165, 1.54) is 31.3 Å². The van der Waals surface area contributed by atoms with Crippen LogP contribution in [0.15, 0.2) is 84.9 Å². The fourth-order valence-electron chi connectivity index (χ4n) is 4.98. The molecular weight excluding hydrogens is 563 g/mol. The van der Waals surface area contributed by atoms with Crippen LogP contribution in [0.5, 0.6) is 11.5 Å². The maximum Gasteiger partial charge on any atom is 0.251 e. The summed E-state index contributed by atoms with van der Waals surface area (Å²) in [7, 11) is 3.02. The summed E-state index contributed by atoms with van der Waals surface area (Å²) >= 11 is 0. The van der Waals surface area contributed by atoms with Crippen LogP contribution in [0, 0.1) is 5.82 Å². The monoisotopic (exact) mass is 596 g/mol. The van der Waals surface area contributed by atoms with Gasteiger partial charge in [-0.3, -0.25) is 14.5 Å². The van der Waals surface area contributed by atoms with Gasteiger partial charge in [0.25, 0.3) is 5.91 Å². The Morgan fingerprint density at radius 1 is 0.955 bits per heavy atom. The first kappa shape index (κ1) is 30.1. The van der Waals surface area contributed by atoms with Gasteiger partial charge in [0.05, 0.1) is 25.5 Å². The fourth-order valence-corrected chi connectivity index (χ4v) is 4.98. The zero-order valence-electron chi connectivity index (χ0n) is 25.1. The van der Waals surface area contributed by atoms with Crippen molar-refractivity contribution in [2.24, 2.45) is 0 Å². The van der Waals surface area contributed by atoms with Gasteiger partial charge in [-0.1, -0.05) is 48.5 Å². The highest BCUT2D eigenvalue weighted by molar-refractivity contribution is 6.08. The molecular formula is C33H33FN6O4. The Kier molecular flexibility index (Phi) is 8.57. The molecule has 1 atom stereocenters. The molecule has 0 spiro atoms. The highest BCUT2D eigenvalue weighted by Gasteiger charge is 2.37. The van der Waals surface area contributed by atoms with Gasteiger partial charge in [0.1, 0.15) is 29.9 Å². The maximum atomic E-state index is 14.5. The summed E-state index contributed by atoms with van der Waals surface area (Å²) in [5.74, 6) is -0.573. The molecule has 5 aromatic rings. The van der Waals surface area contributed by atoms with E-state index in [1.54, 1.807) is 36.4 Å². The molecule has 226 valence electrons. The van der Waals surface area contributed by atoms with Gasteiger partial charge >= 0.3 is 0 Å². The van der Waals surface area contributed by atoms with E-state index in [0.29, 0.717) is 22.7 Å². The largest absolute Gasteiger partial charge is 0.497 e. The van der Waals surface area contributed by atoms with Gasteiger partial charge in [-0.05, 0) is 67.8 Å². The molecule has 4 aromatic carbocycles. The SMILES string of the molecule is COc1ccc(OC)c(C(C(=O)NC(C)(C)C)N(C(=O)Cn2nnc(-c3ccccc3F)n2)c2cccc3ccccc23)c1. The second-order valence-corrected chi connectivity index (χ2v) is 11.1. The summed E-state index contributed by atoms with van der Waals surface area (Å²) in [5.41, 5.74) is 0.424. The van der Waals surface area contributed by atoms with E-state index < -0.39 is 35.8 Å². The highest BCUT2D eigenvalue weighted by atomic mass is 19.1. The topological polar surface area (TPSA) is 111 Å². The molecule has 0 aliphatic rings. The minimum atomic E-state index is -1.20. The Morgan fingerprint density at radius 2 is 1.68 bits per heavy atom. The Bertz CT molecular complexity index is 1810. The summed E-state index contributed by atoms with van der Waals surface area (Å²) < 4.78 is 25.6. The third kappa shape index (κ3) is 6.36. The summed E-state index contributed by atoms with van der Waals surface area (Å²) in [5, 5.41) is 16.9. The van der Waals surface area contributed by atoms with Crippen molar-refractivity contribution in [2.75, 3.05) is 19.1 Å². The van der Waals surface area contributed by atoms with E-state index in [0.717, 1.165) is 15.6 Å². The number of halogens is 1. The van der Waals surface area contributed by atoms with Gasteiger partial charge in [-0.15, -0.1) is 10.2 Å². The van der Waals surface area contributed by atoms with Crippen molar-refractivity contribution in [1.82, 2.24) is 25.5 Å². The van der Waals surface area contributed by atoms with E-state index in [4.69, 9.17) is 9.47 Å². The van der Waals surface area contributed by atoms with Crippen LogP contribution in [0.3, 0.4) is 0 Å². The summed E-state index contributed by atoms with van der Waals surface area (Å²) in [4.78, 5) is 31.3. The normalized spacial score (nSPS) is 12.0. The highest BCUT2D eigenvalue weighted by Crippen LogP contribution is 2.39. The number of benzene rings is 4. The van der Waals surface area contributed by atoms with E-state index >= 15 is 0 Å². The Balaban J connectivity index is 1.68. The number of methoxy groups -OCH3 is 2. The molecule has 44 heavy (non-hydrogen) atoms. The fraction of sp³-hybridized carbons (Fsp3) is 0.242. The van der Waals surface area contributed by atoms with E-state index in [1.807, 2.05) is 57.2 Å². The smallest absolute Gasteiger partial charge is 0.251 e. The number of anilines is 1. The lowest BCUT2D eigenvalue weighted by Gasteiger charge is -2.35. The number of amides is 2. The van der Waals surface area contributed by atoms with Crippen molar-refractivity contribution in [3.8, 4) is 22.9 Å². The molecule has 1 unspecified atom stereocenters. The number of nitrogens with zero attached hydrogens (tertiary/aromatic N) is 5. The molecule has 0 fully saturated rings. The Morgan fingerprint density at radius 3 is 2.41 bits per heavy atom. The van der Waals surface area contributed by atoms with Crippen LogP contribution in [-0.2, 0) is 16.1 Å². The molecule has 0 saturated carbocycles. The molecule has 0 aliphatic carbocycles. The number of rotatable bonds is 9. The third-order valence-corrected chi connectivity index (χ3v) is 6.88. The molecule has 0 bridgehead atoms. The third-order valence-electron chi connectivity index (χ3n) is 6.88. The van der Waals surface area contributed by atoms with E-state index in [-0.39, 0.29) is 11.4 Å². The summed E-state index contributed by atoms with van der Waals surface area (Å²) in [6, 6.07) is 23.0. The number of nitrogens with one attached hydrogen (secondary N) is 1. The minimum Gasteiger partial charge on any atom is -0.497 e. The number of carbonyl (C=O) groups excluding carboxylic acids is 2. The van der Waals surface area contributed by atoms with E-state index in [9.17, 15) is 14.0 Å². The van der Waals surface area contributed by atoms with Crippen molar-refractivity contribution >= 4 is 28.3 Å². The van der Waals surface area contributed by atoms with E-state index in [2.05, 4.69) is 20.7 Å². The first-order chi connectivity index (χ1) is 21.1. The zero-order chi connectivity index (χ0) is 31.4. The Labute approximate surface area is 254 Å². The quantitative estimate of drug-likeness (QED) is 0.245. The molecule has 0 saturated heterocycles. The van der Waals surface area contributed by atoms with Gasteiger partial charge < -0.3 is 14.8 Å². The van der Waals surface area contributed by atoms with Crippen LogP contribution in [0.1, 0.15) is 32.4 Å². The van der Waals surface area contributed by atoms with Crippen molar-refractivity contribution in [1.29, 1.82) is 0 Å². The molecule has 11 heteroatoms. The van der Waals surface area contributed by atoms with Gasteiger partial charge in [0.2, 0.25) is 11.7 Å². The van der Waals surface area contributed by atoms with Crippen LogP contribution in [0.25, 0.3) is 22.2 Å². The first-order valence-corrected chi connectivity index (χ1v) is 14.0. The predicted octanol–water partition coefficient (Wildman–Crippen LogP) is 5.34. The van der Waals surface area contributed by atoms with Crippen molar-refractivity contribution in [3.63, 3.8) is 0 Å². The lowest BCUT2D eigenvalue weighted by molar-refractivity contribution is -0.128. The zero-order valence-corrected chi connectivity index (χ0v) is 25.1. The van der Waals surface area contributed by atoms with Gasteiger partial charge in [-0.25, -0.2) is 4.39 Å². The van der Waals surface area contributed by atoms with Crippen molar-refractivity contribution in [3.05, 3.63) is 96.3 Å². The van der Waals surface area contributed by atoms with Crippen molar-refractivity contribution in [2.45, 2.75) is 38.9 Å². The van der Waals surface area contributed by atoms with Crippen molar-refractivity contribution < 1.29 is 23.5 Å². The van der Waals surface area contributed by atoms with Crippen LogP contribution in [0.2, 0.25) is 0 Å². The second kappa shape index (κ2) is 12.5. The molecule has 1 N–H and O–H groups in total. The predicted molar refractivity (Wildman–Crippen MR) is 165 cm³/mol. The van der Waals surface area contributed by atoms with Crippen LogP contribution >= 0.6 is 0 Å². The molecule has 1 aromatic heterocycles. The standard InChI is InChI=1S/C33H33FN6O4/c1-33(2,3)35-32(42)30(25-19-22(43-4)17-18-28(25)44-5)40(27-16-10-12-21-11-6-7-13-23(21)27)29(41)20-39-37-31(36-38-39)24-14-8-9-15-26(24)34/h6-19,30H,20H2,1-5H3,(H,35,42). The van der Waals surface area contributed by atoms with Crippen LogP contribution in [0.4, 0.5) is 10.1 Å². The van der Waals surface area contributed by atoms with Gasteiger partial charge in [-0.2, -0.15) is 4.80 Å². The second-order valence-electron chi connectivity index (χ2n) is 11.1. The molecule has 1 heterocycles. The maximum absolute atomic E-state index is 14.5. The van der Waals surface area contributed by atoms with Crippen LogP contribution in [-0.4, -0.2) is 51.8 Å². The Hall–Kier alpha value is -5.32. The molecule has 0 radical (unpaired) electrons. The average molecular weight is 597 g/mol. The molecule has 0 aliphatic heterocycles. The van der Waals surface area contributed by atoms with Gasteiger partial charge in [0, 0.05) is 16.5 Å². The van der Waals surface area contributed by atoms with Crippen LogP contribution < -0.4 is 19.7 Å². The number of ether oxygens (including phenoxy) is 2. The number of carbonyl (C=O) groups is 2. The molecule has 5 rings (SSSR count). The summed E-state index contributed by atoms with van der Waals surface area (Å²) in [6.07, 6.45) is 0. The number of hydrogen-bond acceptors (Lipinski definition) is 7. The number of fused-ring (bicyclic) bond motifs is 1. The minimum absolute atomic E-state index is 0.0316. The van der Waals surface area contributed by atoms with Gasteiger partial charge in [0.15, 0.2) is 0 Å². The average Bonchev–Trinajstić information content (AvgIpc) is 3.46. The number of aromatic nitrogens is 4. The molecule has 10 nitrogen and oxygen atoms in total. The number of hydrogen-bond donors (Lipinski definition) is 1. The number of tetrazole rings is 1. The summed E-state index contributed by atoms with van der Waals surface area (Å²) in [6.45, 7) is 5.19. The first-order valence-electron chi connectivity index (χ1n) is 14.0.